The van der Waals surface area contributed by atoms with Crippen LogP contribution in [0.1, 0.15) is 78.7 Å². The Bertz CT molecular complexity index is 2300. The van der Waals surface area contributed by atoms with Gasteiger partial charge in [0.15, 0.2) is 5.78 Å². The molecule has 0 bridgehead atoms. The van der Waals surface area contributed by atoms with Gasteiger partial charge in [0, 0.05) is 35.9 Å². The summed E-state index contributed by atoms with van der Waals surface area (Å²) in [5.41, 5.74) is -0.686. The molecule has 2 aromatic carbocycles. The third kappa shape index (κ3) is 9.75. The number of ether oxygens (including phenoxy) is 3. The Hall–Kier alpha value is -5.37. The Balaban J connectivity index is 1.38. The number of benzene rings is 2. The van der Waals surface area contributed by atoms with Crippen LogP contribution >= 0.6 is 0 Å². The molecule has 3 fully saturated rings. The summed E-state index contributed by atoms with van der Waals surface area (Å²) in [5, 5.41) is 0.0551. The first kappa shape index (κ1) is 43.2. The predicted octanol–water partition coefficient (Wildman–Crippen LogP) is 6.17. The highest BCUT2D eigenvalue weighted by atomic mass is 32.2. The molecule has 6 rings (SSSR count). The van der Waals surface area contributed by atoms with Gasteiger partial charge >= 0.3 is 11.9 Å². The molecule has 5 atom stereocenters. The third-order valence-corrected chi connectivity index (χ3v) is 13.0. The first-order chi connectivity index (χ1) is 27.7. The number of fused-ring (bicyclic) bond motifs is 1. The van der Waals surface area contributed by atoms with Crippen molar-refractivity contribution in [2.45, 2.75) is 109 Å². The number of esters is 2. The summed E-state index contributed by atoms with van der Waals surface area (Å²) >= 11 is 0. The van der Waals surface area contributed by atoms with Crippen LogP contribution in [0.4, 0.5) is 0 Å². The maximum Gasteiger partial charge on any atom is 0.330 e. The smallest absolute Gasteiger partial charge is 0.330 e. The molecule has 1 N–H and O–H groups in total. The second-order valence-corrected chi connectivity index (χ2v) is 19.4. The number of hydrogen-bond acceptors (Lipinski definition) is 11. The Morgan fingerprint density at radius 2 is 1.69 bits per heavy atom. The zero-order valence-electron chi connectivity index (χ0n) is 34.5. The lowest BCUT2D eigenvalue weighted by Gasteiger charge is -2.36. The number of likely N-dealkylation sites (tertiary alicyclic amines) is 1. The van der Waals surface area contributed by atoms with Crippen LogP contribution in [0.2, 0.25) is 0 Å². The van der Waals surface area contributed by atoms with Gasteiger partial charge in [-0.1, -0.05) is 49.1 Å². The predicted molar refractivity (Wildman–Crippen MR) is 221 cm³/mol. The number of aromatic nitrogens is 1. The Labute approximate surface area is 345 Å². The van der Waals surface area contributed by atoms with Gasteiger partial charge in [-0.3, -0.25) is 23.9 Å². The number of sulfonamides is 1. The number of allylic oxidation sites excluding steroid dienone is 1. The molecule has 2 heterocycles. The molecule has 2 aliphatic carbocycles. The summed E-state index contributed by atoms with van der Waals surface area (Å²) in [4.78, 5) is 75.5. The van der Waals surface area contributed by atoms with Gasteiger partial charge in [-0.15, -0.1) is 6.58 Å². The average Bonchev–Trinajstić information content (AvgIpc) is 4.09. The number of carbonyl (C=O) groups is 5. The van der Waals surface area contributed by atoms with E-state index in [1.54, 1.807) is 20.8 Å². The lowest BCUT2D eigenvalue weighted by atomic mass is 9.85. The first-order valence-electron chi connectivity index (χ1n) is 19.9. The van der Waals surface area contributed by atoms with Gasteiger partial charge in [-0.2, -0.15) is 0 Å². The molecule has 2 amide bonds. The molecule has 1 aromatic heterocycles. The molecule has 3 aliphatic rings. The number of Topliss-reactive ketones (excluding diaryl/α,β-unsaturated/α-hetero) is 1. The molecular formula is C45H53N3O10S. The molecule has 0 spiro atoms. The van der Waals surface area contributed by atoms with Crippen molar-refractivity contribution < 1.29 is 46.6 Å². The second kappa shape index (κ2) is 16.4. The van der Waals surface area contributed by atoms with Crippen molar-refractivity contribution in [3.05, 3.63) is 85.5 Å². The number of amides is 2. The SMILES string of the molecule is C=CC(=O)OC(C)(C)[C@H](CC(=O)OC(C)(C)C)C(=O)N1CC(Oc2cc(-c3ccccc3)nc3cc(C)ccc23)CC1C(=O)C[C@]1(C(=O)NS(=O)(=O)C2CC2)C[C@H]1C=C. The van der Waals surface area contributed by atoms with Crippen LogP contribution in [0, 0.1) is 24.2 Å². The van der Waals surface area contributed by atoms with E-state index >= 15 is 0 Å². The quantitative estimate of drug-likeness (QED) is 0.0993. The molecular weight excluding hydrogens is 775 g/mol. The van der Waals surface area contributed by atoms with E-state index in [0.29, 0.717) is 35.2 Å². The number of nitrogens with zero attached hydrogens (tertiary/aromatic N) is 2. The summed E-state index contributed by atoms with van der Waals surface area (Å²) in [6.07, 6.45) is 1.95. The highest BCUT2D eigenvalue weighted by Gasteiger charge is 2.61. The van der Waals surface area contributed by atoms with Gasteiger partial charge in [0.25, 0.3) is 0 Å². The molecule has 14 heteroatoms. The van der Waals surface area contributed by atoms with Gasteiger partial charge in [0.1, 0.15) is 23.1 Å². The Kier molecular flexibility index (Phi) is 12.0. The van der Waals surface area contributed by atoms with Crippen molar-refractivity contribution in [1.29, 1.82) is 0 Å². The summed E-state index contributed by atoms with van der Waals surface area (Å²) in [7, 11) is -3.92. The molecule has 59 heavy (non-hydrogen) atoms. The molecule has 1 aliphatic heterocycles. The Morgan fingerprint density at radius 3 is 2.31 bits per heavy atom. The number of aryl methyl sites for hydroxylation is 1. The van der Waals surface area contributed by atoms with Gasteiger partial charge in [-0.05, 0) is 84.4 Å². The van der Waals surface area contributed by atoms with E-state index in [2.05, 4.69) is 17.9 Å². The van der Waals surface area contributed by atoms with E-state index < -0.39 is 91.8 Å². The molecule has 3 aromatic rings. The number of nitrogens with one attached hydrogen (secondary N) is 1. The number of rotatable bonds is 16. The van der Waals surface area contributed by atoms with E-state index in [1.807, 2.05) is 61.5 Å². The molecule has 314 valence electrons. The standard InChI is InChI=1S/C45H53N3O10S/c1-9-29-24-45(29,42(53)47-59(54,55)31-17-18-31)25-37(49)36-21-30(56-38-23-34(28-14-12-11-13-15-28)46-35-20-27(3)16-19-32(35)38)26-48(36)41(52)33(22-40(51)57-43(4,5)6)44(7,8)58-39(50)10-2/h9-16,19-20,23,29-31,33,36H,1-2,17-18,21-22,24-26H2,3-8H3,(H,47,53)/t29-,30?,33-,36?,45-/m1/s1. The summed E-state index contributed by atoms with van der Waals surface area (Å²) < 4.78 is 45.9. The molecule has 13 nitrogen and oxygen atoms in total. The van der Waals surface area contributed by atoms with Crippen LogP contribution in [-0.4, -0.2) is 83.0 Å². The minimum atomic E-state index is -3.92. The highest BCUT2D eigenvalue weighted by Crippen LogP contribution is 2.57. The Morgan fingerprint density at radius 1 is 1.00 bits per heavy atom. The van der Waals surface area contributed by atoms with Crippen molar-refractivity contribution >= 4 is 50.5 Å². The van der Waals surface area contributed by atoms with Crippen LogP contribution < -0.4 is 9.46 Å². The maximum absolute atomic E-state index is 15.0. The highest BCUT2D eigenvalue weighted by molar-refractivity contribution is 7.90. The van der Waals surface area contributed by atoms with Gasteiger partial charge in [-0.25, -0.2) is 18.2 Å². The van der Waals surface area contributed by atoms with Gasteiger partial charge < -0.3 is 19.1 Å². The normalized spacial score (nSPS) is 22.2. The fourth-order valence-corrected chi connectivity index (χ4v) is 9.22. The van der Waals surface area contributed by atoms with E-state index in [4.69, 9.17) is 19.2 Å². The molecule has 2 saturated carbocycles. The third-order valence-electron chi connectivity index (χ3n) is 11.2. The fraction of sp³-hybridized carbons (Fsp3) is 0.467. The maximum atomic E-state index is 15.0. The zero-order chi connectivity index (χ0) is 43.1. The number of pyridine rings is 1. The number of ketones is 1. The largest absolute Gasteiger partial charge is 0.488 e. The topological polar surface area (TPSA) is 175 Å². The second-order valence-electron chi connectivity index (χ2n) is 17.5. The molecule has 0 radical (unpaired) electrons. The van der Waals surface area contributed by atoms with Crippen molar-refractivity contribution in [3.63, 3.8) is 0 Å². The van der Waals surface area contributed by atoms with Crippen LogP contribution in [0.3, 0.4) is 0 Å². The summed E-state index contributed by atoms with van der Waals surface area (Å²) in [6, 6.07) is 16.0. The van der Waals surface area contributed by atoms with Crippen LogP contribution in [0.5, 0.6) is 5.75 Å². The monoisotopic (exact) mass is 827 g/mol. The van der Waals surface area contributed by atoms with Gasteiger partial charge in [0.05, 0.1) is 46.8 Å². The minimum Gasteiger partial charge on any atom is -0.488 e. The number of hydrogen-bond donors (Lipinski definition) is 1. The first-order valence-corrected chi connectivity index (χ1v) is 21.4. The molecule has 1 saturated heterocycles. The summed E-state index contributed by atoms with van der Waals surface area (Å²) in [6.45, 7) is 17.2. The zero-order valence-corrected chi connectivity index (χ0v) is 35.3. The van der Waals surface area contributed by atoms with Crippen molar-refractivity contribution in [1.82, 2.24) is 14.6 Å². The van der Waals surface area contributed by atoms with Crippen molar-refractivity contribution in [3.8, 4) is 17.0 Å². The number of carbonyl (C=O) groups excluding carboxylic acids is 5. The molecule has 2 unspecified atom stereocenters. The minimum absolute atomic E-state index is 0.00375. The van der Waals surface area contributed by atoms with Crippen LogP contribution in [0.25, 0.3) is 22.2 Å². The lowest BCUT2D eigenvalue weighted by molar-refractivity contribution is -0.172. The van der Waals surface area contributed by atoms with E-state index in [9.17, 15) is 32.4 Å². The van der Waals surface area contributed by atoms with Crippen molar-refractivity contribution in [2.24, 2.45) is 17.3 Å². The van der Waals surface area contributed by atoms with E-state index in [0.717, 1.165) is 17.2 Å². The van der Waals surface area contributed by atoms with E-state index in [1.165, 1.54) is 24.8 Å². The summed E-state index contributed by atoms with van der Waals surface area (Å²) in [5.74, 6) is -4.82. The average molecular weight is 828 g/mol. The fourth-order valence-electron chi connectivity index (χ4n) is 7.83. The van der Waals surface area contributed by atoms with Crippen LogP contribution in [0.15, 0.2) is 79.9 Å². The van der Waals surface area contributed by atoms with Crippen LogP contribution in [-0.2, 0) is 43.5 Å². The van der Waals surface area contributed by atoms with E-state index in [-0.39, 0.29) is 25.8 Å². The lowest BCUT2D eigenvalue weighted by Crippen LogP contribution is -2.52. The van der Waals surface area contributed by atoms with Crippen molar-refractivity contribution in [2.75, 3.05) is 6.54 Å². The van der Waals surface area contributed by atoms with Gasteiger partial charge in [0.2, 0.25) is 21.8 Å².